The second kappa shape index (κ2) is 9.80. The number of ketones is 1. The lowest BCUT2D eigenvalue weighted by molar-refractivity contribution is -0.117. The van der Waals surface area contributed by atoms with Gasteiger partial charge in [0.25, 0.3) is 0 Å². The van der Waals surface area contributed by atoms with Gasteiger partial charge in [-0.25, -0.2) is 4.98 Å². The molecule has 1 amide bonds. The Bertz CT molecular complexity index is 1910. The molecule has 6 rings (SSSR count). The molecule has 6 heterocycles. The Morgan fingerprint density at radius 1 is 0.950 bits per heavy atom. The van der Waals surface area contributed by atoms with E-state index in [4.69, 9.17) is 0 Å². The van der Waals surface area contributed by atoms with Gasteiger partial charge in [0.2, 0.25) is 5.91 Å². The number of anilines is 1. The predicted octanol–water partition coefficient (Wildman–Crippen LogP) is 6.87. The van der Waals surface area contributed by atoms with Crippen LogP contribution in [-0.4, -0.2) is 41.8 Å². The number of nitrogens with one attached hydrogen (secondary N) is 3. The molecule has 0 unspecified atom stereocenters. The first kappa shape index (κ1) is 25.6. The fraction of sp³-hybridized carbons (Fsp3) is 0.200. The van der Waals surface area contributed by atoms with Gasteiger partial charge < -0.3 is 10.3 Å². The maximum Gasteiger partial charge on any atom is 0.224 e. The summed E-state index contributed by atoms with van der Waals surface area (Å²) in [7, 11) is 0. The number of amides is 1. The third kappa shape index (κ3) is 5.01. The summed E-state index contributed by atoms with van der Waals surface area (Å²) >= 11 is 1.46. The lowest BCUT2D eigenvalue weighted by atomic mass is 9.92. The summed E-state index contributed by atoms with van der Waals surface area (Å²) in [5, 5.41) is 12.3. The van der Waals surface area contributed by atoms with Crippen LogP contribution in [0.25, 0.3) is 54.9 Å². The van der Waals surface area contributed by atoms with Crippen molar-refractivity contribution in [3.8, 4) is 33.0 Å². The Morgan fingerprint density at radius 2 is 1.75 bits per heavy atom. The predicted molar refractivity (Wildman–Crippen MR) is 158 cm³/mol. The number of aromatic nitrogens is 6. The molecule has 0 radical (unpaired) electrons. The minimum Gasteiger partial charge on any atom is -0.352 e. The van der Waals surface area contributed by atoms with Crippen LogP contribution in [0.5, 0.6) is 0 Å². The second-order valence-electron chi connectivity index (χ2n) is 11.0. The molecule has 0 aliphatic rings. The molecule has 200 valence electrons. The van der Waals surface area contributed by atoms with Gasteiger partial charge >= 0.3 is 0 Å². The normalized spacial score (nSPS) is 11.8. The fourth-order valence-corrected chi connectivity index (χ4v) is 5.60. The van der Waals surface area contributed by atoms with Crippen LogP contribution in [0.1, 0.15) is 43.8 Å². The van der Waals surface area contributed by atoms with Crippen LogP contribution in [0.4, 0.5) is 5.69 Å². The summed E-state index contributed by atoms with van der Waals surface area (Å²) in [5.41, 5.74) is 6.26. The monoisotopic (exact) mass is 549 g/mol. The standard InChI is InChI=1S/C30H27N7O2S/c1-16(38)25-5-6-26(40-25)22-14-32-15-24-20(22)9-23(35-24)28-21-8-18(12-33-29(21)37-36-28)17-7-19(13-31-11-17)34-27(39)10-30(2,3)4/h5-9,11-15,35H,10H2,1-4H3,(H,34,39)(H,33,36,37). The zero-order valence-electron chi connectivity index (χ0n) is 22.5. The molecule has 0 spiro atoms. The van der Waals surface area contributed by atoms with E-state index in [-0.39, 0.29) is 17.1 Å². The SMILES string of the molecule is CC(=O)c1ccc(-c2cncc3[nH]c(-c4[nH]nc5ncc(-c6cncc(NC(=O)CC(C)(C)C)c6)cc45)cc23)s1. The summed E-state index contributed by atoms with van der Waals surface area (Å²) < 4.78 is 0. The molecule has 6 aromatic heterocycles. The summed E-state index contributed by atoms with van der Waals surface area (Å²) in [6, 6.07) is 9.78. The molecule has 0 aromatic carbocycles. The number of Topliss-reactive ketones (excluding diaryl/α,β-unsaturated/α-hetero) is 1. The van der Waals surface area contributed by atoms with E-state index in [1.807, 2.05) is 51.2 Å². The number of aromatic amines is 2. The zero-order valence-corrected chi connectivity index (χ0v) is 23.3. The van der Waals surface area contributed by atoms with Crippen molar-refractivity contribution >= 4 is 50.7 Å². The summed E-state index contributed by atoms with van der Waals surface area (Å²) in [5.74, 6) is -0.00344. The van der Waals surface area contributed by atoms with E-state index in [1.165, 1.54) is 11.3 Å². The van der Waals surface area contributed by atoms with Crippen LogP contribution < -0.4 is 5.32 Å². The molecule has 0 saturated heterocycles. The topological polar surface area (TPSA) is 129 Å². The molecule has 0 saturated carbocycles. The van der Waals surface area contributed by atoms with Gasteiger partial charge in [-0.1, -0.05) is 20.8 Å². The highest BCUT2D eigenvalue weighted by Crippen LogP contribution is 2.37. The van der Waals surface area contributed by atoms with Crippen molar-refractivity contribution in [1.82, 2.24) is 30.1 Å². The molecule has 40 heavy (non-hydrogen) atoms. The number of carbonyl (C=O) groups excluding carboxylic acids is 2. The molecule has 0 fully saturated rings. The Kier molecular flexibility index (Phi) is 6.26. The highest BCUT2D eigenvalue weighted by atomic mass is 32.1. The van der Waals surface area contributed by atoms with E-state index >= 15 is 0 Å². The van der Waals surface area contributed by atoms with E-state index in [2.05, 4.69) is 41.5 Å². The highest BCUT2D eigenvalue weighted by molar-refractivity contribution is 7.17. The number of H-pyrrole nitrogens is 2. The van der Waals surface area contributed by atoms with Gasteiger partial charge in [-0.05, 0) is 42.7 Å². The van der Waals surface area contributed by atoms with E-state index in [9.17, 15) is 9.59 Å². The van der Waals surface area contributed by atoms with E-state index < -0.39 is 0 Å². The van der Waals surface area contributed by atoms with Crippen molar-refractivity contribution in [2.75, 3.05) is 5.32 Å². The lowest BCUT2D eigenvalue weighted by Gasteiger charge is -2.17. The highest BCUT2D eigenvalue weighted by Gasteiger charge is 2.18. The van der Waals surface area contributed by atoms with Crippen LogP contribution in [0.2, 0.25) is 0 Å². The molecular formula is C30H27N7O2S. The van der Waals surface area contributed by atoms with E-state index in [0.29, 0.717) is 22.6 Å². The van der Waals surface area contributed by atoms with Crippen molar-refractivity contribution in [3.63, 3.8) is 0 Å². The average Bonchev–Trinajstić information content (AvgIpc) is 3.65. The van der Waals surface area contributed by atoms with Gasteiger partial charge in [-0.3, -0.25) is 24.7 Å². The minimum absolute atomic E-state index is 0.0476. The lowest BCUT2D eigenvalue weighted by Crippen LogP contribution is -2.19. The van der Waals surface area contributed by atoms with E-state index in [1.54, 1.807) is 31.7 Å². The number of hydrogen-bond donors (Lipinski definition) is 3. The Labute approximate surface area is 234 Å². The van der Waals surface area contributed by atoms with Crippen molar-refractivity contribution in [2.24, 2.45) is 5.41 Å². The largest absolute Gasteiger partial charge is 0.352 e. The Balaban J connectivity index is 1.36. The maximum absolute atomic E-state index is 12.5. The van der Waals surface area contributed by atoms with Crippen LogP contribution >= 0.6 is 11.3 Å². The third-order valence-electron chi connectivity index (χ3n) is 6.49. The molecule has 0 aliphatic heterocycles. The molecule has 3 N–H and O–H groups in total. The Morgan fingerprint density at radius 3 is 2.52 bits per heavy atom. The second-order valence-corrected chi connectivity index (χ2v) is 12.1. The molecule has 0 atom stereocenters. The number of thiophene rings is 1. The van der Waals surface area contributed by atoms with Crippen molar-refractivity contribution < 1.29 is 9.59 Å². The van der Waals surface area contributed by atoms with Crippen molar-refractivity contribution in [2.45, 2.75) is 34.1 Å². The molecular weight excluding hydrogens is 522 g/mol. The zero-order chi connectivity index (χ0) is 28.0. The number of pyridine rings is 3. The van der Waals surface area contributed by atoms with Crippen molar-refractivity contribution in [3.05, 3.63) is 66.2 Å². The van der Waals surface area contributed by atoms with Crippen LogP contribution in [0.3, 0.4) is 0 Å². The molecule has 9 nitrogen and oxygen atoms in total. The average molecular weight is 550 g/mol. The molecule has 0 bridgehead atoms. The van der Waals surface area contributed by atoms with Crippen LogP contribution in [0, 0.1) is 5.41 Å². The van der Waals surface area contributed by atoms with Gasteiger partial charge in [0, 0.05) is 57.4 Å². The fourth-order valence-electron chi connectivity index (χ4n) is 4.67. The van der Waals surface area contributed by atoms with E-state index in [0.717, 1.165) is 49.2 Å². The smallest absolute Gasteiger partial charge is 0.224 e. The number of fused-ring (bicyclic) bond motifs is 2. The third-order valence-corrected chi connectivity index (χ3v) is 7.71. The maximum atomic E-state index is 12.5. The van der Waals surface area contributed by atoms with Gasteiger partial charge in [0.05, 0.1) is 39.9 Å². The summed E-state index contributed by atoms with van der Waals surface area (Å²) in [4.78, 5) is 42.8. The first-order valence-corrected chi connectivity index (χ1v) is 13.6. The van der Waals surface area contributed by atoms with Crippen molar-refractivity contribution in [1.29, 1.82) is 0 Å². The quantitative estimate of drug-likeness (QED) is 0.194. The number of hydrogen-bond acceptors (Lipinski definition) is 7. The Hall–Kier alpha value is -4.70. The number of rotatable bonds is 6. The van der Waals surface area contributed by atoms with Crippen LogP contribution in [0.15, 0.2) is 61.3 Å². The molecule has 10 heteroatoms. The number of nitrogens with zero attached hydrogens (tertiary/aromatic N) is 4. The molecule has 0 aliphatic carbocycles. The molecule has 6 aromatic rings. The van der Waals surface area contributed by atoms with Gasteiger partial charge in [-0.2, -0.15) is 5.10 Å². The van der Waals surface area contributed by atoms with Crippen LogP contribution in [-0.2, 0) is 4.79 Å². The minimum atomic E-state index is -0.109. The first-order valence-electron chi connectivity index (χ1n) is 12.8. The van der Waals surface area contributed by atoms with Gasteiger partial charge in [0.15, 0.2) is 11.4 Å². The number of carbonyl (C=O) groups is 2. The summed E-state index contributed by atoms with van der Waals surface area (Å²) in [6.07, 6.45) is 9.16. The van der Waals surface area contributed by atoms with Gasteiger partial charge in [0.1, 0.15) is 0 Å². The summed E-state index contributed by atoms with van der Waals surface area (Å²) in [6.45, 7) is 7.66. The van der Waals surface area contributed by atoms with Gasteiger partial charge in [-0.15, -0.1) is 11.3 Å². The first-order chi connectivity index (χ1) is 19.1.